The fourth-order valence-electron chi connectivity index (χ4n) is 4.59. The summed E-state index contributed by atoms with van der Waals surface area (Å²) in [4.78, 5) is 20.9. The molecule has 0 bridgehead atoms. The predicted octanol–water partition coefficient (Wildman–Crippen LogP) is 5.03. The molecule has 180 valence electrons. The van der Waals surface area contributed by atoms with Crippen molar-refractivity contribution >= 4 is 11.9 Å². The van der Waals surface area contributed by atoms with E-state index in [-0.39, 0.29) is 17.4 Å². The van der Waals surface area contributed by atoms with Gasteiger partial charge in [0.05, 0.1) is 12.2 Å². The molecule has 33 heavy (non-hydrogen) atoms. The summed E-state index contributed by atoms with van der Waals surface area (Å²) in [7, 11) is 0. The lowest BCUT2D eigenvalue weighted by molar-refractivity contribution is 0.0719. The van der Waals surface area contributed by atoms with Crippen molar-refractivity contribution in [2.75, 3.05) is 37.7 Å². The van der Waals surface area contributed by atoms with Crippen molar-refractivity contribution in [2.45, 2.75) is 64.7 Å². The average molecular weight is 459 g/mol. The van der Waals surface area contributed by atoms with Crippen LogP contribution in [-0.2, 0) is 0 Å². The molecule has 0 atom stereocenters. The second-order valence-electron chi connectivity index (χ2n) is 9.51. The van der Waals surface area contributed by atoms with Crippen LogP contribution in [-0.4, -0.2) is 53.7 Å². The SMILES string of the molecule is CC(C)c1noc(N2CCC(CCCOc3ccc(C(=O)N4CCCCC4)c(F)c3)CC2)n1. The van der Waals surface area contributed by atoms with Crippen molar-refractivity contribution < 1.29 is 18.4 Å². The van der Waals surface area contributed by atoms with Gasteiger partial charge in [-0.05, 0) is 63.0 Å². The molecule has 1 amide bonds. The van der Waals surface area contributed by atoms with Crippen LogP contribution in [0.4, 0.5) is 10.4 Å². The van der Waals surface area contributed by atoms with Gasteiger partial charge in [-0.1, -0.05) is 19.0 Å². The van der Waals surface area contributed by atoms with Crippen LogP contribution in [0, 0.1) is 11.7 Å². The van der Waals surface area contributed by atoms with Gasteiger partial charge in [0.1, 0.15) is 11.6 Å². The molecule has 1 aromatic heterocycles. The summed E-state index contributed by atoms with van der Waals surface area (Å²) in [5, 5.41) is 4.05. The van der Waals surface area contributed by atoms with Gasteiger partial charge in [0.15, 0.2) is 5.82 Å². The van der Waals surface area contributed by atoms with E-state index in [9.17, 15) is 9.18 Å². The highest BCUT2D eigenvalue weighted by atomic mass is 19.1. The maximum atomic E-state index is 14.5. The normalized spacial score (nSPS) is 17.6. The third kappa shape index (κ3) is 6.03. The van der Waals surface area contributed by atoms with E-state index >= 15 is 0 Å². The van der Waals surface area contributed by atoms with Crippen LogP contribution in [0.2, 0.25) is 0 Å². The number of hydrogen-bond donors (Lipinski definition) is 0. The molecule has 8 heteroatoms. The Balaban J connectivity index is 1.17. The molecule has 2 aromatic rings. The molecule has 0 spiro atoms. The number of amides is 1. The smallest absolute Gasteiger partial charge is 0.324 e. The van der Waals surface area contributed by atoms with Crippen molar-refractivity contribution in [3.8, 4) is 5.75 Å². The molecule has 2 aliphatic heterocycles. The van der Waals surface area contributed by atoms with Crippen molar-refractivity contribution in [1.82, 2.24) is 15.0 Å². The Morgan fingerprint density at radius 1 is 1.18 bits per heavy atom. The monoisotopic (exact) mass is 458 g/mol. The van der Waals surface area contributed by atoms with Gasteiger partial charge >= 0.3 is 6.01 Å². The largest absolute Gasteiger partial charge is 0.493 e. The number of benzene rings is 1. The topological polar surface area (TPSA) is 71.7 Å². The molecular formula is C25H35FN4O3. The minimum absolute atomic E-state index is 0.137. The van der Waals surface area contributed by atoms with Gasteiger partial charge in [-0.2, -0.15) is 4.98 Å². The first-order chi connectivity index (χ1) is 16.0. The molecular weight excluding hydrogens is 423 g/mol. The fraction of sp³-hybridized carbons (Fsp3) is 0.640. The highest BCUT2D eigenvalue weighted by Crippen LogP contribution is 2.26. The third-order valence-electron chi connectivity index (χ3n) is 6.67. The van der Waals surface area contributed by atoms with Crippen molar-refractivity contribution in [3.63, 3.8) is 0 Å². The first-order valence-electron chi connectivity index (χ1n) is 12.3. The number of nitrogens with zero attached hydrogens (tertiary/aromatic N) is 4. The zero-order chi connectivity index (χ0) is 23.2. The summed E-state index contributed by atoms with van der Waals surface area (Å²) in [5.74, 6) is 1.42. The molecule has 0 aliphatic carbocycles. The van der Waals surface area contributed by atoms with Gasteiger partial charge in [-0.15, -0.1) is 0 Å². The predicted molar refractivity (Wildman–Crippen MR) is 124 cm³/mol. The molecule has 0 unspecified atom stereocenters. The summed E-state index contributed by atoms with van der Waals surface area (Å²) >= 11 is 0. The van der Waals surface area contributed by atoms with Crippen LogP contribution in [0.5, 0.6) is 5.75 Å². The number of ether oxygens (including phenoxy) is 1. The summed E-state index contributed by atoms with van der Waals surface area (Å²) in [5.41, 5.74) is 0.137. The number of anilines is 1. The Morgan fingerprint density at radius 3 is 2.61 bits per heavy atom. The summed E-state index contributed by atoms with van der Waals surface area (Å²) < 4.78 is 25.7. The van der Waals surface area contributed by atoms with Crippen molar-refractivity contribution in [1.29, 1.82) is 0 Å². The Labute approximate surface area is 195 Å². The van der Waals surface area contributed by atoms with Gasteiger partial charge < -0.3 is 19.1 Å². The van der Waals surface area contributed by atoms with Crippen molar-refractivity contribution in [3.05, 3.63) is 35.4 Å². The second-order valence-corrected chi connectivity index (χ2v) is 9.51. The van der Waals surface area contributed by atoms with E-state index in [0.29, 0.717) is 37.4 Å². The molecule has 7 nitrogen and oxygen atoms in total. The van der Waals surface area contributed by atoms with E-state index in [2.05, 4.69) is 28.9 Å². The van der Waals surface area contributed by atoms with E-state index in [1.165, 1.54) is 6.07 Å². The minimum Gasteiger partial charge on any atom is -0.493 e. The number of carbonyl (C=O) groups is 1. The Bertz CT molecular complexity index is 918. The summed E-state index contributed by atoms with van der Waals surface area (Å²) in [6.45, 7) is 7.92. The molecule has 2 fully saturated rings. The standard InChI is InChI=1S/C25H35FN4O3/c1-18(2)23-27-25(33-28-23)30-14-10-19(11-15-30)7-6-16-32-20-8-9-21(22(26)17-20)24(31)29-12-4-3-5-13-29/h8-9,17-19H,3-7,10-16H2,1-2H3. The Hall–Kier alpha value is -2.64. The van der Waals surface area contributed by atoms with Crippen LogP contribution in [0.1, 0.15) is 80.9 Å². The number of piperidine rings is 2. The van der Waals surface area contributed by atoms with Crippen LogP contribution < -0.4 is 9.64 Å². The third-order valence-corrected chi connectivity index (χ3v) is 6.67. The van der Waals surface area contributed by atoms with Gasteiger partial charge in [0.2, 0.25) is 0 Å². The van der Waals surface area contributed by atoms with Gasteiger partial charge in [-0.25, -0.2) is 4.39 Å². The molecule has 2 saturated heterocycles. The van der Waals surface area contributed by atoms with E-state index in [4.69, 9.17) is 9.26 Å². The molecule has 0 radical (unpaired) electrons. The lowest BCUT2D eigenvalue weighted by atomic mass is 9.92. The van der Waals surface area contributed by atoms with Crippen LogP contribution >= 0.6 is 0 Å². The van der Waals surface area contributed by atoms with E-state index in [1.807, 2.05) is 0 Å². The highest BCUT2D eigenvalue weighted by molar-refractivity contribution is 5.94. The van der Waals surface area contributed by atoms with E-state index in [0.717, 1.165) is 63.9 Å². The van der Waals surface area contributed by atoms with E-state index in [1.54, 1.807) is 17.0 Å². The number of halogens is 1. The summed E-state index contributed by atoms with van der Waals surface area (Å²) in [6.07, 6.45) is 7.27. The van der Waals surface area contributed by atoms with Crippen molar-refractivity contribution in [2.24, 2.45) is 5.92 Å². The molecule has 3 heterocycles. The number of likely N-dealkylation sites (tertiary alicyclic amines) is 1. The first-order valence-corrected chi connectivity index (χ1v) is 12.3. The van der Waals surface area contributed by atoms with E-state index < -0.39 is 5.82 Å². The minimum atomic E-state index is -0.503. The van der Waals surface area contributed by atoms with Gasteiger partial charge in [-0.3, -0.25) is 4.79 Å². The van der Waals surface area contributed by atoms with Gasteiger partial charge in [0, 0.05) is 38.2 Å². The van der Waals surface area contributed by atoms with Crippen LogP contribution in [0.25, 0.3) is 0 Å². The maximum absolute atomic E-state index is 14.5. The average Bonchev–Trinajstić information content (AvgIpc) is 3.33. The highest BCUT2D eigenvalue weighted by Gasteiger charge is 2.24. The number of hydrogen-bond acceptors (Lipinski definition) is 6. The summed E-state index contributed by atoms with van der Waals surface area (Å²) in [6, 6.07) is 5.23. The molecule has 0 saturated carbocycles. The Kier molecular flexibility index (Phi) is 7.83. The lowest BCUT2D eigenvalue weighted by Gasteiger charge is -2.30. The number of aromatic nitrogens is 2. The van der Waals surface area contributed by atoms with Crippen LogP contribution in [0.3, 0.4) is 0 Å². The van der Waals surface area contributed by atoms with Gasteiger partial charge in [0.25, 0.3) is 5.91 Å². The van der Waals surface area contributed by atoms with Crippen LogP contribution in [0.15, 0.2) is 22.7 Å². The number of carbonyl (C=O) groups excluding carboxylic acids is 1. The Morgan fingerprint density at radius 2 is 1.94 bits per heavy atom. The molecule has 4 rings (SSSR count). The first kappa shape index (κ1) is 23.5. The number of rotatable bonds is 8. The molecule has 2 aliphatic rings. The molecule has 0 N–H and O–H groups in total. The zero-order valence-electron chi connectivity index (χ0n) is 19.8. The fourth-order valence-corrected chi connectivity index (χ4v) is 4.59. The lowest BCUT2D eigenvalue weighted by Crippen LogP contribution is -2.36. The quantitative estimate of drug-likeness (QED) is 0.517. The second kappa shape index (κ2) is 11.0. The zero-order valence-corrected chi connectivity index (χ0v) is 19.8. The molecule has 1 aromatic carbocycles. The maximum Gasteiger partial charge on any atom is 0.324 e.